The first-order chi connectivity index (χ1) is 4.70. The van der Waals surface area contributed by atoms with E-state index in [2.05, 4.69) is 4.98 Å². The van der Waals surface area contributed by atoms with Crippen LogP contribution in [0.25, 0.3) is 0 Å². The molecule has 0 fully saturated rings. The zero-order chi connectivity index (χ0) is 7.56. The van der Waals surface area contributed by atoms with Crippen LogP contribution in [-0.4, -0.2) is 13.7 Å². The van der Waals surface area contributed by atoms with Crippen LogP contribution in [0.2, 0.25) is 0 Å². The second kappa shape index (κ2) is 4.62. The van der Waals surface area contributed by atoms with Crippen LogP contribution in [0.1, 0.15) is 0 Å². The van der Waals surface area contributed by atoms with Gasteiger partial charge in [0.1, 0.15) is 10.8 Å². The van der Waals surface area contributed by atoms with Gasteiger partial charge in [0.2, 0.25) is 0 Å². The Kier molecular flexibility index (Phi) is 4.53. The molecule has 0 aliphatic carbocycles. The summed E-state index contributed by atoms with van der Waals surface area (Å²) >= 11 is -2.37. The van der Waals surface area contributed by atoms with E-state index >= 15 is 0 Å². The molecule has 0 aliphatic heterocycles. The van der Waals surface area contributed by atoms with Crippen molar-refractivity contribution in [3.63, 3.8) is 0 Å². The van der Waals surface area contributed by atoms with Gasteiger partial charge >= 0.3 is 18.9 Å². The van der Waals surface area contributed by atoms with Crippen LogP contribution in [0, 0.1) is 5.82 Å². The fourth-order valence-corrected chi connectivity index (χ4v) is 0.779. The Morgan fingerprint density at radius 2 is 2.18 bits per heavy atom. The molecule has 0 spiro atoms. The van der Waals surface area contributed by atoms with Crippen LogP contribution >= 0.6 is 0 Å². The van der Waals surface area contributed by atoms with Gasteiger partial charge in [-0.2, -0.15) is 0 Å². The van der Waals surface area contributed by atoms with Crippen LogP contribution in [0.3, 0.4) is 0 Å². The second-order valence-corrected chi connectivity index (χ2v) is 2.44. The van der Waals surface area contributed by atoms with Gasteiger partial charge in [-0.3, -0.25) is 4.21 Å². The summed E-state index contributed by atoms with van der Waals surface area (Å²) in [6.07, 6.45) is 0.852. The van der Waals surface area contributed by atoms with Crippen molar-refractivity contribution in [2.75, 3.05) is 0 Å². The Bertz CT molecular complexity index is 253. The van der Waals surface area contributed by atoms with Crippen LogP contribution in [0.15, 0.2) is 23.4 Å². The molecule has 3 nitrogen and oxygen atoms in total. The van der Waals surface area contributed by atoms with Gasteiger partial charge in [0.05, 0.1) is 6.20 Å². The van der Waals surface area contributed by atoms with Crippen molar-refractivity contribution in [1.82, 2.24) is 4.98 Å². The van der Waals surface area contributed by atoms with Gasteiger partial charge in [0, 0.05) is 0 Å². The Labute approximate surface area is 77.5 Å². The summed E-state index contributed by atoms with van der Waals surface area (Å²) in [5, 5.41) is -0.151. The molecule has 1 aromatic rings. The maximum atomic E-state index is 12.1. The average molecular weight is 167 g/mol. The third-order valence-corrected chi connectivity index (χ3v) is 1.45. The number of halogens is 1. The third kappa shape index (κ3) is 3.12. The molecule has 0 bridgehead atoms. The molecule has 11 heavy (non-hydrogen) atoms. The molecule has 0 saturated heterocycles. The molecule has 1 unspecified atom stereocenters. The van der Waals surface area contributed by atoms with E-state index in [1.165, 1.54) is 0 Å². The predicted octanol–water partition coefficient (Wildman–Crippen LogP) is -2.54. The quantitative estimate of drug-likeness (QED) is 0.342. The maximum absolute atomic E-state index is 12.1. The van der Waals surface area contributed by atoms with E-state index in [0.717, 1.165) is 18.3 Å². The summed E-state index contributed by atoms with van der Waals surface area (Å²) in [6, 6.07) is 2.14. The average Bonchev–Trinajstić information content (AvgIpc) is 1.88. The minimum atomic E-state index is -2.37. The fourth-order valence-electron chi connectivity index (χ4n) is 0.461. The first-order valence-corrected chi connectivity index (χ1v) is 3.48. The minimum absolute atomic E-state index is 0. The van der Waals surface area contributed by atoms with Gasteiger partial charge < -0.3 is 4.55 Å². The summed E-state index contributed by atoms with van der Waals surface area (Å²) in [5.74, 6) is -0.547. The van der Waals surface area contributed by atoms with E-state index in [0.29, 0.717) is 0 Å². The van der Waals surface area contributed by atoms with Gasteiger partial charge in [0.25, 0.3) is 0 Å². The molecule has 0 N–H and O–H groups in total. The monoisotopic (exact) mass is 167 g/mol. The Morgan fingerprint density at radius 1 is 1.55 bits per heavy atom. The molecule has 0 amide bonds. The molecule has 1 atom stereocenters. The summed E-state index contributed by atoms with van der Waals surface area (Å²) in [6.45, 7) is 0. The van der Waals surface area contributed by atoms with Crippen molar-refractivity contribution in [3.8, 4) is 0 Å². The number of rotatable bonds is 1. The zero-order valence-electron chi connectivity index (χ0n) is 5.78. The number of aromatic nitrogens is 1. The standard InChI is InChI=1S/C5H4FNO2S.Li/c6-4-1-2-5(7-3-4)10(8)9;/h1-3H,(H,8,9);/q;+1/p-1. The molecule has 1 rings (SSSR count). The summed E-state index contributed by atoms with van der Waals surface area (Å²) in [7, 11) is 0. The molecule has 54 valence electrons. The summed E-state index contributed by atoms with van der Waals surface area (Å²) < 4.78 is 32.3. The molecular formula is C5H3FLiNO2S. The van der Waals surface area contributed by atoms with Crippen molar-refractivity contribution in [2.45, 2.75) is 5.03 Å². The molecule has 0 aromatic carbocycles. The molecule has 0 radical (unpaired) electrons. The minimum Gasteiger partial charge on any atom is -0.767 e. The Hall–Kier alpha value is -0.213. The number of hydrogen-bond acceptors (Lipinski definition) is 3. The van der Waals surface area contributed by atoms with Gasteiger partial charge in [-0.1, -0.05) is 0 Å². The molecule has 6 heteroatoms. The van der Waals surface area contributed by atoms with E-state index in [-0.39, 0.29) is 23.9 Å². The topological polar surface area (TPSA) is 53.0 Å². The number of nitrogens with zero attached hydrogens (tertiary/aromatic N) is 1. The van der Waals surface area contributed by atoms with Crippen molar-refractivity contribution in [2.24, 2.45) is 0 Å². The Morgan fingerprint density at radius 3 is 2.55 bits per heavy atom. The van der Waals surface area contributed by atoms with E-state index in [4.69, 9.17) is 0 Å². The first-order valence-electron chi connectivity index (χ1n) is 2.41. The van der Waals surface area contributed by atoms with Gasteiger partial charge in [-0.15, -0.1) is 0 Å². The smallest absolute Gasteiger partial charge is 0.767 e. The summed E-state index contributed by atoms with van der Waals surface area (Å²) in [5.41, 5.74) is 0. The van der Waals surface area contributed by atoms with Crippen molar-refractivity contribution >= 4 is 11.1 Å². The van der Waals surface area contributed by atoms with Crippen molar-refractivity contribution in [1.29, 1.82) is 0 Å². The van der Waals surface area contributed by atoms with E-state index in [1.807, 2.05) is 0 Å². The SMILES string of the molecule is O=S([O-])c1ccc(F)cn1.[Li+]. The van der Waals surface area contributed by atoms with Gasteiger partial charge in [-0.25, -0.2) is 9.37 Å². The molecule has 0 aliphatic rings. The molecular weight excluding hydrogens is 164 g/mol. The van der Waals surface area contributed by atoms with Crippen LogP contribution in [0.4, 0.5) is 4.39 Å². The number of pyridine rings is 1. The van der Waals surface area contributed by atoms with E-state index in [9.17, 15) is 13.2 Å². The van der Waals surface area contributed by atoms with Crippen LogP contribution in [0.5, 0.6) is 0 Å². The largest absolute Gasteiger partial charge is 1.00 e. The predicted molar refractivity (Wildman–Crippen MR) is 31.4 cm³/mol. The van der Waals surface area contributed by atoms with Gasteiger partial charge in [0.15, 0.2) is 0 Å². The van der Waals surface area contributed by atoms with Gasteiger partial charge in [-0.05, 0) is 23.2 Å². The van der Waals surface area contributed by atoms with Crippen molar-refractivity contribution in [3.05, 3.63) is 24.1 Å². The fraction of sp³-hybridized carbons (Fsp3) is 0. The molecule has 1 aromatic heterocycles. The number of hydrogen-bond donors (Lipinski definition) is 0. The second-order valence-electron chi connectivity index (χ2n) is 1.55. The van der Waals surface area contributed by atoms with E-state index in [1.54, 1.807) is 0 Å². The summed E-state index contributed by atoms with van der Waals surface area (Å²) in [4.78, 5) is 3.29. The normalized spacial score (nSPS) is 11.8. The van der Waals surface area contributed by atoms with Crippen LogP contribution < -0.4 is 18.9 Å². The van der Waals surface area contributed by atoms with Crippen LogP contribution in [-0.2, 0) is 11.1 Å². The third-order valence-electron chi connectivity index (χ3n) is 0.871. The first kappa shape index (κ1) is 10.8. The maximum Gasteiger partial charge on any atom is 1.00 e. The van der Waals surface area contributed by atoms with Crippen molar-refractivity contribution < 1.29 is 32.0 Å². The Balaban J connectivity index is 0.000001000. The van der Waals surface area contributed by atoms with E-state index < -0.39 is 16.9 Å². The zero-order valence-corrected chi connectivity index (χ0v) is 6.60. The molecule has 1 heterocycles. The molecule has 0 saturated carbocycles.